The molecule has 17 heteroatoms. The van der Waals surface area contributed by atoms with Gasteiger partial charge in [-0.1, -0.05) is 35.3 Å². The van der Waals surface area contributed by atoms with Crippen molar-refractivity contribution in [3.05, 3.63) is 69.8 Å². The van der Waals surface area contributed by atoms with E-state index >= 15 is 0 Å². The fraction of sp³-hybridized carbons (Fsp3) is 0.300. The number of amides is 2. The molecule has 0 saturated heterocycles. The summed E-state index contributed by atoms with van der Waals surface area (Å²) in [5.41, 5.74) is -0.323. The number of rotatable bonds is 11. The van der Waals surface area contributed by atoms with Crippen LogP contribution < -0.4 is 10.6 Å². The summed E-state index contributed by atoms with van der Waals surface area (Å²) in [6.07, 6.45) is -7.28. The molecular weight excluding hydrogens is 569 g/mol. The maximum absolute atomic E-state index is 12.9. The van der Waals surface area contributed by atoms with Gasteiger partial charge in [-0.05, 0) is 35.4 Å². The third-order valence-corrected chi connectivity index (χ3v) is 6.37. The van der Waals surface area contributed by atoms with E-state index in [1.807, 2.05) is 0 Å². The maximum atomic E-state index is 12.9. The number of nitro groups is 1. The summed E-state index contributed by atoms with van der Waals surface area (Å²) < 4.78 is 55.5. The first-order valence-electron chi connectivity index (χ1n) is 10.0. The Morgan fingerprint density at radius 2 is 1.68 bits per heavy atom. The summed E-state index contributed by atoms with van der Waals surface area (Å²) in [5.74, 6) is -3.15. The van der Waals surface area contributed by atoms with Gasteiger partial charge in [0, 0.05) is 17.8 Å². The van der Waals surface area contributed by atoms with E-state index in [0.29, 0.717) is 0 Å². The van der Waals surface area contributed by atoms with Crippen LogP contribution in [-0.2, 0) is 24.8 Å². The zero-order valence-electron chi connectivity index (χ0n) is 18.4. The van der Waals surface area contributed by atoms with Gasteiger partial charge in [0.15, 0.2) is 4.84 Å². The summed E-state index contributed by atoms with van der Waals surface area (Å²) >= 11 is 11.0. The monoisotopic (exact) mass is 587 g/mol. The Bertz CT molecular complexity index is 1170. The van der Waals surface area contributed by atoms with Crippen molar-refractivity contribution < 1.29 is 46.8 Å². The van der Waals surface area contributed by atoms with Crippen LogP contribution in [0, 0.1) is 10.1 Å². The molecule has 4 N–H and O–H groups in total. The van der Waals surface area contributed by atoms with Crippen molar-refractivity contribution >= 4 is 54.0 Å². The number of hydrogen-bond donors (Lipinski definition) is 4. The predicted molar refractivity (Wildman–Crippen MR) is 126 cm³/mol. The van der Waals surface area contributed by atoms with Gasteiger partial charge in [-0.2, -0.15) is 13.2 Å². The van der Waals surface area contributed by atoms with Crippen LogP contribution in [0.3, 0.4) is 0 Å². The van der Waals surface area contributed by atoms with E-state index in [0.717, 1.165) is 24.3 Å². The van der Waals surface area contributed by atoms with Crippen LogP contribution in [0.2, 0.25) is 0 Å². The number of aliphatic hydroxyl groups is 1. The molecule has 0 aliphatic rings. The van der Waals surface area contributed by atoms with Gasteiger partial charge in [0.05, 0.1) is 23.7 Å². The van der Waals surface area contributed by atoms with Crippen molar-refractivity contribution in [1.82, 2.24) is 5.32 Å². The van der Waals surface area contributed by atoms with Crippen molar-refractivity contribution in [1.29, 1.82) is 0 Å². The molecule has 0 bridgehead atoms. The zero-order valence-corrected chi connectivity index (χ0v) is 20.8. The lowest BCUT2D eigenvalue weighted by Gasteiger charge is -2.29. The molecule has 11 nitrogen and oxygen atoms in total. The van der Waals surface area contributed by atoms with Gasteiger partial charge in [0.1, 0.15) is 6.10 Å². The van der Waals surface area contributed by atoms with E-state index in [-0.39, 0.29) is 22.5 Å². The number of halogens is 5. The SMILES string of the molecule is O=C(N[C@H](CO)[C@H](OP(=O)(O)Cc1ccc(NC(=O)C(F)(F)F)cc1)c1ccc([N+](=O)[O-])cc1)C(Cl)Cl. The smallest absolute Gasteiger partial charge is 0.394 e. The average Bonchev–Trinajstić information content (AvgIpc) is 2.81. The molecule has 0 aliphatic carbocycles. The topological polar surface area (TPSA) is 168 Å². The van der Waals surface area contributed by atoms with E-state index in [9.17, 15) is 47.4 Å². The molecule has 0 heterocycles. The lowest BCUT2D eigenvalue weighted by Crippen LogP contribution is -2.44. The molecule has 0 aliphatic heterocycles. The molecule has 0 radical (unpaired) electrons. The summed E-state index contributed by atoms with van der Waals surface area (Å²) in [4.78, 5) is 42.2. The summed E-state index contributed by atoms with van der Waals surface area (Å²) in [5, 5.41) is 24.6. The minimum Gasteiger partial charge on any atom is -0.394 e. The highest BCUT2D eigenvalue weighted by atomic mass is 35.5. The molecule has 2 amide bonds. The van der Waals surface area contributed by atoms with Crippen LogP contribution >= 0.6 is 30.8 Å². The standard InChI is InChI=1S/C20H19Cl2F3N3O8P/c21-17(22)18(30)27-15(9-29)16(12-3-7-14(8-4-12)28(32)33)36-37(34,35)10-11-1-5-13(6-2-11)26-19(31)20(23,24)25/h1-8,15-17,29H,9-10H2,(H,26,31)(H,27,30)(H,34,35)/t15-,16-/m1/s1. The molecule has 37 heavy (non-hydrogen) atoms. The van der Waals surface area contributed by atoms with Gasteiger partial charge in [-0.3, -0.25) is 28.8 Å². The second kappa shape index (κ2) is 12.7. The van der Waals surface area contributed by atoms with Crippen molar-refractivity contribution in [2.45, 2.75) is 29.3 Å². The first kappa shape index (κ1) is 30.5. The van der Waals surface area contributed by atoms with Gasteiger partial charge in [-0.25, -0.2) is 0 Å². The van der Waals surface area contributed by atoms with Crippen LogP contribution in [-0.4, -0.2) is 50.4 Å². The van der Waals surface area contributed by atoms with Crippen molar-refractivity contribution in [3.8, 4) is 0 Å². The van der Waals surface area contributed by atoms with E-state index < -0.39 is 60.3 Å². The number of benzene rings is 2. The molecule has 0 spiro atoms. The molecule has 1 unspecified atom stereocenters. The predicted octanol–water partition coefficient (Wildman–Crippen LogP) is 3.82. The van der Waals surface area contributed by atoms with Crippen LogP contribution in [0.15, 0.2) is 48.5 Å². The number of alkyl halides is 5. The highest BCUT2D eigenvalue weighted by molar-refractivity contribution is 7.51. The first-order chi connectivity index (χ1) is 17.1. The minimum atomic E-state index is -5.11. The Hall–Kier alpha value is -2.74. The van der Waals surface area contributed by atoms with Crippen molar-refractivity contribution in [2.24, 2.45) is 0 Å². The van der Waals surface area contributed by atoms with Crippen LogP contribution in [0.1, 0.15) is 17.2 Å². The normalized spacial score (nSPS) is 14.9. The van der Waals surface area contributed by atoms with E-state index in [2.05, 4.69) is 5.32 Å². The number of carbonyl (C=O) groups excluding carboxylic acids is 2. The van der Waals surface area contributed by atoms with Crippen LogP contribution in [0.25, 0.3) is 0 Å². The highest BCUT2D eigenvalue weighted by Crippen LogP contribution is 2.50. The second-order valence-corrected chi connectivity index (χ2v) is 10.3. The van der Waals surface area contributed by atoms with Gasteiger partial charge in [0.2, 0.25) is 0 Å². The van der Waals surface area contributed by atoms with Crippen LogP contribution in [0.4, 0.5) is 24.5 Å². The van der Waals surface area contributed by atoms with Gasteiger partial charge in [0.25, 0.3) is 11.6 Å². The fourth-order valence-electron chi connectivity index (χ4n) is 2.96. The lowest BCUT2D eigenvalue weighted by atomic mass is 10.0. The van der Waals surface area contributed by atoms with Crippen molar-refractivity contribution in [3.63, 3.8) is 0 Å². The van der Waals surface area contributed by atoms with Gasteiger partial charge in [-0.15, -0.1) is 0 Å². The Balaban J connectivity index is 2.28. The average molecular weight is 588 g/mol. The number of carbonyl (C=O) groups is 2. The number of hydrogen-bond acceptors (Lipinski definition) is 7. The molecule has 202 valence electrons. The van der Waals surface area contributed by atoms with Crippen LogP contribution in [0.5, 0.6) is 0 Å². The van der Waals surface area contributed by atoms with E-state index in [1.54, 1.807) is 5.32 Å². The Kier molecular flexibility index (Phi) is 10.4. The summed E-state index contributed by atoms with van der Waals surface area (Å²) in [7, 11) is -4.60. The Morgan fingerprint density at radius 3 is 2.14 bits per heavy atom. The number of aliphatic hydroxyl groups excluding tert-OH is 1. The zero-order chi connectivity index (χ0) is 28.0. The first-order valence-corrected chi connectivity index (χ1v) is 12.7. The number of anilines is 1. The second-order valence-electron chi connectivity index (χ2n) is 7.42. The third kappa shape index (κ3) is 9.26. The third-order valence-electron chi connectivity index (χ3n) is 4.65. The molecule has 2 aromatic rings. The quantitative estimate of drug-likeness (QED) is 0.133. The molecule has 0 saturated carbocycles. The Labute approximate surface area is 217 Å². The molecular formula is C20H19Cl2F3N3O8P. The Morgan fingerprint density at radius 1 is 1.11 bits per heavy atom. The largest absolute Gasteiger partial charge is 0.471 e. The highest BCUT2D eigenvalue weighted by Gasteiger charge is 2.39. The van der Waals surface area contributed by atoms with Gasteiger partial charge < -0.3 is 20.6 Å². The van der Waals surface area contributed by atoms with Crippen molar-refractivity contribution in [2.75, 3.05) is 11.9 Å². The maximum Gasteiger partial charge on any atom is 0.471 e. The number of nitrogens with one attached hydrogen (secondary N) is 2. The number of non-ortho nitro benzene ring substituents is 1. The van der Waals surface area contributed by atoms with E-state index in [4.69, 9.17) is 27.7 Å². The molecule has 2 rings (SSSR count). The minimum absolute atomic E-state index is 0.0742. The van der Waals surface area contributed by atoms with E-state index in [1.165, 1.54) is 24.3 Å². The molecule has 3 atom stereocenters. The number of nitrogens with zero attached hydrogens (tertiary/aromatic N) is 1. The lowest BCUT2D eigenvalue weighted by molar-refractivity contribution is -0.384. The number of nitro benzene ring substituents is 1. The van der Waals surface area contributed by atoms with Gasteiger partial charge >= 0.3 is 19.7 Å². The summed E-state index contributed by atoms with van der Waals surface area (Å²) in [6.45, 7) is -0.818. The fourth-order valence-corrected chi connectivity index (χ4v) is 4.45. The molecule has 0 aromatic heterocycles. The summed E-state index contributed by atoms with van der Waals surface area (Å²) in [6, 6.07) is 7.66. The molecule has 2 aromatic carbocycles. The molecule has 0 fully saturated rings.